The van der Waals surface area contributed by atoms with E-state index in [1.165, 1.54) is 18.1 Å². The van der Waals surface area contributed by atoms with Crippen molar-refractivity contribution in [3.8, 4) is 5.69 Å². The van der Waals surface area contributed by atoms with Gasteiger partial charge in [0.05, 0.1) is 22.5 Å². The van der Waals surface area contributed by atoms with Crippen molar-refractivity contribution in [2.24, 2.45) is 5.92 Å². The van der Waals surface area contributed by atoms with Gasteiger partial charge in [-0.05, 0) is 30.2 Å². The lowest BCUT2D eigenvalue weighted by Gasteiger charge is -2.25. The van der Waals surface area contributed by atoms with E-state index in [4.69, 9.17) is 0 Å². The Balaban J connectivity index is 1.66. The molecule has 0 saturated heterocycles. The van der Waals surface area contributed by atoms with Crippen molar-refractivity contribution in [3.05, 3.63) is 73.2 Å². The lowest BCUT2D eigenvalue weighted by Crippen LogP contribution is -2.37. The van der Waals surface area contributed by atoms with E-state index in [1.807, 2.05) is 67.7 Å². The number of carbonyl (C=O) groups excluding carboxylic acids is 1. The molecule has 0 unspecified atom stereocenters. The number of aromatic nitrogens is 4. The molecule has 2 heterocycles. The Labute approximate surface area is 180 Å². The highest BCUT2D eigenvalue weighted by molar-refractivity contribution is 8.00. The van der Waals surface area contributed by atoms with Crippen LogP contribution in [0.3, 0.4) is 0 Å². The Morgan fingerprint density at radius 1 is 1.00 bits per heavy atom. The second kappa shape index (κ2) is 8.67. The third kappa shape index (κ3) is 3.93. The third-order valence-corrected chi connectivity index (χ3v) is 6.44. The van der Waals surface area contributed by atoms with Crippen molar-refractivity contribution >= 4 is 34.4 Å². The molecule has 2 aromatic carbocycles. The molecule has 0 fully saturated rings. The molecule has 30 heavy (non-hydrogen) atoms. The van der Waals surface area contributed by atoms with Crippen molar-refractivity contribution in [3.63, 3.8) is 0 Å². The van der Waals surface area contributed by atoms with E-state index < -0.39 is 0 Å². The molecule has 0 N–H and O–H groups in total. The van der Waals surface area contributed by atoms with Crippen LogP contribution >= 0.6 is 11.8 Å². The monoisotopic (exact) mass is 417 g/mol. The third-order valence-electron chi connectivity index (χ3n) is 4.89. The van der Waals surface area contributed by atoms with E-state index in [9.17, 15) is 4.79 Å². The van der Waals surface area contributed by atoms with Crippen LogP contribution in [0.2, 0.25) is 0 Å². The van der Waals surface area contributed by atoms with Gasteiger partial charge in [-0.25, -0.2) is 14.6 Å². The van der Waals surface area contributed by atoms with E-state index in [-0.39, 0.29) is 17.1 Å². The van der Waals surface area contributed by atoms with Gasteiger partial charge in [0.1, 0.15) is 11.4 Å². The van der Waals surface area contributed by atoms with Gasteiger partial charge >= 0.3 is 0 Å². The van der Waals surface area contributed by atoms with Crippen LogP contribution in [0.1, 0.15) is 13.8 Å². The Morgan fingerprint density at radius 3 is 2.33 bits per heavy atom. The summed E-state index contributed by atoms with van der Waals surface area (Å²) in [5.74, 6) is 0.172. The van der Waals surface area contributed by atoms with Crippen LogP contribution in [0.4, 0.5) is 5.69 Å². The number of benzene rings is 2. The van der Waals surface area contributed by atoms with Gasteiger partial charge in [-0.1, -0.05) is 62.0 Å². The van der Waals surface area contributed by atoms with Gasteiger partial charge < -0.3 is 4.90 Å². The fourth-order valence-corrected chi connectivity index (χ4v) is 4.39. The minimum Gasteiger partial charge on any atom is -0.315 e. The molecule has 0 aliphatic rings. The highest BCUT2D eigenvalue weighted by Gasteiger charge is 2.29. The Hall–Kier alpha value is -3.19. The zero-order valence-corrected chi connectivity index (χ0v) is 18.0. The first-order valence-corrected chi connectivity index (χ1v) is 10.7. The predicted octanol–water partition coefficient (Wildman–Crippen LogP) is 4.60. The summed E-state index contributed by atoms with van der Waals surface area (Å²) in [6.45, 7) is 4.11. The summed E-state index contributed by atoms with van der Waals surface area (Å²) < 4.78 is 1.80. The predicted molar refractivity (Wildman–Crippen MR) is 121 cm³/mol. The summed E-state index contributed by atoms with van der Waals surface area (Å²) in [6.07, 6.45) is 3.31. The number of thioether (sulfide) groups is 1. The first-order valence-electron chi connectivity index (χ1n) is 9.79. The molecule has 7 heteroatoms. The fraction of sp³-hybridized carbons (Fsp3) is 0.217. The first-order chi connectivity index (χ1) is 14.6. The number of hydrogen-bond acceptors (Lipinski definition) is 5. The molecule has 2 aromatic heterocycles. The van der Waals surface area contributed by atoms with Gasteiger partial charge in [-0.15, -0.1) is 0 Å². The second-order valence-corrected chi connectivity index (χ2v) is 8.45. The van der Waals surface area contributed by atoms with Crippen molar-refractivity contribution in [2.45, 2.75) is 24.1 Å². The Kier molecular flexibility index (Phi) is 5.81. The molecule has 152 valence electrons. The Bertz CT molecular complexity index is 1140. The summed E-state index contributed by atoms with van der Waals surface area (Å²) in [5, 5.41) is 5.83. The molecule has 1 amide bonds. The molecule has 4 rings (SSSR count). The summed E-state index contributed by atoms with van der Waals surface area (Å²) in [6, 6.07) is 19.5. The van der Waals surface area contributed by atoms with Crippen molar-refractivity contribution in [1.82, 2.24) is 19.7 Å². The normalized spacial score (nSPS) is 12.3. The maximum Gasteiger partial charge on any atom is 0.240 e. The second-order valence-electron chi connectivity index (χ2n) is 7.32. The number of rotatable bonds is 6. The number of carbonyl (C=O) groups is 1. The summed E-state index contributed by atoms with van der Waals surface area (Å²) in [4.78, 5) is 23.9. The lowest BCUT2D eigenvalue weighted by atomic mass is 10.1. The van der Waals surface area contributed by atoms with Crippen LogP contribution in [-0.4, -0.2) is 38.0 Å². The van der Waals surface area contributed by atoms with Crippen LogP contribution in [0.5, 0.6) is 0 Å². The molecule has 0 aliphatic heterocycles. The lowest BCUT2D eigenvalue weighted by molar-refractivity contribution is -0.118. The molecule has 0 radical (unpaired) electrons. The summed E-state index contributed by atoms with van der Waals surface area (Å²) in [7, 11) is 1.82. The summed E-state index contributed by atoms with van der Waals surface area (Å²) in [5.41, 5.74) is 2.53. The molecular formula is C23H23N5OS. The van der Waals surface area contributed by atoms with E-state index in [1.54, 1.807) is 15.8 Å². The van der Waals surface area contributed by atoms with Crippen LogP contribution in [0.25, 0.3) is 16.7 Å². The minimum atomic E-state index is -0.284. The molecule has 0 saturated carbocycles. The van der Waals surface area contributed by atoms with E-state index in [0.717, 1.165) is 27.4 Å². The van der Waals surface area contributed by atoms with Crippen LogP contribution in [0.15, 0.2) is 78.2 Å². The number of hydrogen-bond donors (Lipinski definition) is 0. The molecule has 0 aliphatic carbocycles. The number of amides is 1. The van der Waals surface area contributed by atoms with E-state index in [2.05, 4.69) is 28.9 Å². The topological polar surface area (TPSA) is 63.9 Å². The van der Waals surface area contributed by atoms with Crippen molar-refractivity contribution < 1.29 is 4.79 Å². The zero-order chi connectivity index (χ0) is 21.1. The van der Waals surface area contributed by atoms with Crippen molar-refractivity contribution in [2.75, 3.05) is 11.9 Å². The average Bonchev–Trinajstić information content (AvgIpc) is 3.22. The van der Waals surface area contributed by atoms with Crippen LogP contribution in [0, 0.1) is 5.92 Å². The minimum absolute atomic E-state index is 0.0448. The van der Waals surface area contributed by atoms with Gasteiger partial charge in [-0.3, -0.25) is 4.79 Å². The number of anilines is 1. The van der Waals surface area contributed by atoms with Gasteiger partial charge in [-0.2, -0.15) is 5.10 Å². The molecule has 1 atom stereocenters. The quantitative estimate of drug-likeness (QED) is 0.339. The van der Waals surface area contributed by atoms with E-state index in [0.29, 0.717) is 0 Å². The number of nitrogens with zero attached hydrogens (tertiary/aromatic N) is 5. The highest BCUT2D eigenvalue weighted by Crippen LogP contribution is 2.33. The first kappa shape index (κ1) is 20.1. The Morgan fingerprint density at radius 2 is 1.67 bits per heavy atom. The van der Waals surface area contributed by atoms with Crippen LogP contribution < -0.4 is 4.90 Å². The maximum absolute atomic E-state index is 13.3. The number of para-hydroxylation sites is 2. The standard InChI is InChI=1S/C23H23N5OS/c1-16(2)20(23(29)27(3)17-10-6-4-7-11-17)30-22-19-14-26-28(21(19)24-15-25-22)18-12-8-5-9-13-18/h4-16,20H,1-3H3/t20-/m0/s1. The van der Waals surface area contributed by atoms with Gasteiger partial charge in [0.15, 0.2) is 5.65 Å². The highest BCUT2D eigenvalue weighted by atomic mass is 32.2. The van der Waals surface area contributed by atoms with Gasteiger partial charge in [0.2, 0.25) is 5.91 Å². The molecule has 0 spiro atoms. The average molecular weight is 418 g/mol. The molecular weight excluding hydrogens is 394 g/mol. The van der Waals surface area contributed by atoms with Gasteiger partial charge in [0.25, 0.3) is 0 Å². The van der Waals surface area contributed by atoms with Crippen LogP contribution in [-0.2, 0) is 4.79 Å². The smallest absolute Gasteiger partial charge is 0.240 e. The van der Waals surface area contributed by atoms with Gasteiger partial charge in [0, 0.05) is 12.7 Å². The number of fused-ring (bicyclic) bond motifs is 1. The molecule has 6 nitrogen and oxygen atoms in total. The summed E-state index contributed by atoms with van der Waals surface area (Å²) >= 11 is 1.47. The largest absolute Gasteiger partial charge is 0.315 e. The maximum atomic E-state index is 13.3. The molecule has 0 bridgehead atoms. The zero-order valence-electron chi connectivity index (χ0n) is 17.1. The molecule has 4 aromatic rings. The SMILES string of the molecule is CC(C)[C@H](Sc1ncnc2c1cnn2-c1ccccc1)C(=O)N(C)c1ccccc1. The van der Waals surface area contributed by atoms with E-state index >= 15 is 0 Å². The fourth-order valence-electron chi connectivity index (χ4n) is 3.24. The van der Waals surface area contributed by atoms with Crippen molar-refractivity contribution in [1.29, 1.82) is 0 Å².